The van der Waals surface area contributed by atoms with Crippen molar-refractivity contribution < 1.29 is 12.8 Å². The lowest BCUT2D eigenvalue weighted by Gasteiger charge is -2.43. The van der Waals surface area contributed by atoms with Gasteiger partial charge in [-0.25, -0.2) is 17.8 Å². The molecular weight excluding hydrogens is 528 g/mol. The summed E-state index contributed by atoms with van der Waals surface area (Å²) in [7, 11) is -3.22. The molecule has 170 valence electrons. The summed E-state index contributed by atoms with van der Waals surface area (Å²) in [6.07, 6.45) is 4.65. The molecule has 0 bridgehead atoms. The fourth-order valence-electron chi connectivity index (χ4n) is 3.89. The predicted molar refractivity (Wildman–Crippen MR) is 135 cm³/mol. The molecular formula is C23H31FIN3O2S. The minimum atomic E-state index is -3.22. The Labute approximate surface area is 201 Å². The lowest BCUT2D eigenvalue weighted by molar-refractivity contribution is 0.244. The van der Waals surface area contributed by atoms with Crippen LogP contribution in [-0.4, -0.2) is 33.7 Å². The van der Waals surface area contributed by atoms with E-state index in [0.29, 0.717) is 23.6 Å². The molecule has 0 aliphatic heterocycles. The number of nitrogens with one attached hydrogen (secondary N) is 2. The van der Waals surface area contributed by atoms with Crippen LogP contribution in [0.1, 0.15) is 42.9 Å². The van der Waals surface area contributed by atoms with E-state index < -0.39 is 15.7 Å². The van der Waals surface area contributed by atoms with E-state index in [1.165, 1.54) is 36.4 Å². The summed E-state index contributed by atoms with van der Waals surface area (Å²) in [6, 6.07) is 14.7. The van der Waals surface area contributed by atoms with Gasteiger partial charge >= 0.3 is 0 Å². The molecule has 31 heavy (non-hydrogen) atoms. The number of guanidine groups is 1. The maximum absolute atomic E-state index is 13.8. The summed E-state index contributed by atoms with van der Waals surface area (Å²) < 4.78 is 37.2. The number of nitrogens with zero attached hydrogens (tertiary/aromatic N) is 1. The van der Waals surface area contributed by atoms with Gasteiger partial charge in [0.05, 0.1) is 12.3 Å². The van der Waals surface area contributed by atoms with Crippen LogP contribution in [0.3, 0.4) is 0 Å². The summed E-state index contributed by atoms with van der Waals surface area (Å²) in [5.74, 6) is 0.126. The molecule has 0 aromatic heterocycles. The number of halogens is 2. The molecule has 5 nitrogen and oxygen atoms in total. The van der Waals surface area contributed by atoms with Gasteiger partial charge in [0.25, 0.3) is 0 Å². The van der Waals surface area contributed by atoms with E-state index in [2.05, 4.69) is 39.9 Å². The first kappa shape index (κ1) is 25.6. The highest BCUT2D eigenvalue weighted by molar-refractivity contribution is 14.0. The average Bonchev–Trinajstić information content (AvgIpc) is 2.67. The zero-order valence-electron chi connectivity index (χ0n) is 18.0. The first-order valence-corrected chi connectivity index (χ1v) is 12.4. The third kappa shape index (κ3) is 7.17. The van der Waals surface area contributed by atoms with E-state index in [4.69, 9.17) is 0 Å². The van der Waals surface area contributed by atoms with E-state index in [1.54, 1.807) is 0 Å². The smallest absolute Gasteiger partial charge is 0.191 e. The maximum Gasteiger partial charge on any atom is 0.191 e. The van der Waals surface area contributed by atoms with Gasteiger partial charge in [0.2, 0.25) is 0 Å². The highest BCUT2D eigenvalue weighted by atomic mass is 127. The van der Waals surface area contributed by atoms with E-state index in [0.717, 1.165) is 19.4 Å². The second kappa shape index (κ2) is 11.3. The van der Waals surface area contributed by atoms with E-state index in [1.807, 2.05) is 13.0 Å². The molecule has 0 saturated heterocycles. The Morgan fingerprint density at radius 1 is 1.10 bits per heavy atom. The van der Waals surface area contributed by atoms with Gasteiger partial charge in [-0.2, -0.15) is 0 Å². The Kier molecular flexibility index (Phi) is 9.29. The molecule has 3 rings (SSSR count). The molecule has 0 heterocycles. The number of rotatable bonds is 8. The Morgan fingerprint density at radius 3 is 2.39 bits per heavy atom. The molecule has 2 aromatic carbocycles. The monoisotopic (exact) mass is 559 g/mol. The first-order valence-electron chi connectivity index (χ1n) is 10.3. The van der Waals surface area contributed by atoms with Crippen molar-refractivity contribution in [2.24, 2.45) is 4.99 Å². The molecule has 0 unspecified atom stereocenters. The number of hydrogen-bond acceptors (Lipinski definition) is 3. The lowest BCUT2D eigenvalue weighted by Crippen LogP contribution is -2.48. The molecule has 1 aliphatic carbocycles. The van der Waals surface area contributed by atoms with Crippen molar-refractivity contribution in [3.63, 3.8) is 0 Å². The van der Waals surface area contributed by atoms with Crippen LogP contribution in [0.4, 0.5) is 4.39 Å². The average molecular weight is 559 g/mol. The maximum atomic E-state index is 13.8. The zero-order chi connectivity index (χ0) is 21.6. The molecule has 1 aliphatic rings. The molecule has 0 atom stereocenters. The summed E-state index contributed by atoms with van der Waals surface area (Å²) in [4.78, 5) is 4.60. The van der Waals surface area contributed by atoms with Crippen LogP contribution in [-0.2, 0) is 27.5 Å². The van der Waals surface area contributed by atoms with Gasteiger partial charge in [-0.3, -0.25) is 0 Å². The topological polar surface area (TPSA) is 70.6 Å². The minimum absolute atomic E-state index is 0. The van der Waals surface area contributed by atoms with Gasteiger partial charge in [0, 0.05) is 24.8 Å². The summed E-state index contributed by atoms with van der Waals surface area (Å²) in [5.41, 5.74) is 2.61. The Morgan fingerprint density at radius 2 is 1.81 bits per heavy atom. The number of sulfone groups is 1. The van der Waals surface area contributed by atoms with Crippen molar-refractivity contribution in [2.75, 3.05) is 19.3 Å². The van der Waals surface area contributed by atoms with Crippen LogP contribution in [0.25, 0.3) is 0 Å². The van der Waals surface area contributed by atoms with Crippen LogP contribution >= 0.6 is 24.0 Å². The van der Waals surface area contributed by atoms with Gasteiger partial charge in [-0.1, -0.05) is 42.8 Å². The van der Waals surface area contributed by atoms with Crippen molar-refractivity contribution in [3.05, 3.63) is 71.0 Å². The molecule has 1 saturated carbocycles. The molecule has 0 radical (unpaired) electrons. The zero-order valence-corrected chi connectivity index (χ0v) is 21.2. The Bertz CT molecular complexity index is 993. The molecule has 0 spiro atoms. The number of aliphatic imine (C=N–C) groups is 1. The standard InChI is InChI=1S/C23H30FN3O2S.HI/c1-3-25-22(27-17-23(12-7-13-23)20-8-5-4-6-9-20)26-15-19-14-21(24)11-10-18(19)16-30(2,28)29;/h4-6,8-11,14H,3,7,12-13,15-17H2,1-2H3,(H2,25,26,27);1H. The van der Waals surface area contributed by atoms with Gasteiger partial charge in [0.15, 0.2) is 15.8 Å². The van der Waals surface area contributed by atoms with E-state index in [9.17, 15) is 12.8 Å². The summed E-state index contributed by atoms with van der Waals surface area (Å²) >= 11 is 0. The van der Waals surface area contributed by atoms with Crippen molar-refractivity contribution in [3.8, 4) is 0 Å². The van der Waals surface area contributed by atoms with Crippen molar-refractivity contribution in [1.29, 1.82) is 0 Å². The molecule has 8 heteroatoms. The van der Waals surface area contributed by atoms with Crippen molar-refractivity contribution in [2.45, 2.75) is 43.9 Å². The normalized spacial score (nSPS) is 15.5. The molecule has 2 N–H and O–H groups in total. The van der Waals surface area contributed by atoms with Crippen LogP contribution in [0.5, 0.6) is 0 Å². The highest BCUT2D eigenvalue weighted by Gasteiger charge is 2.38. The minimum Gasteiger partial charge on any atom is -0.357 e. The Hall–Kier alpha value is -1.68. The summed E-state index contributed by atoms with van der Waals surface area (Å²) in [5, 5.41) is 6.68. The Balaban J connectivity index is 0.00000341. The van der Waals surface area contributed by atoms with Crippen LogP contribution < -0.4 is 10.6 Å². The molecule has 0 amide bonds. The quantitative estimate of drug-likeness (QED) is 0.290. The number of hydrogen-bond donors (Lipinski definition) is 2. The van der Waals surface area contributed by atoms with Crippen LogP contribution in [0.2, 0.25) is 0 Å². The van der Waals surface area contributed by atoms with Crippen LogP contribution in [0.15, 0.2) is 53.5 Å². The second-order valence-electron chi connectivity index (χ2n) is 8.03. The van der Waals surface area contributed by atoms with Crippen molar-refractivity contribution in [1.82, 2.24) is 10.6 Å². The van der Waals surface area contributed by atoms with Gasteiger partial charge in [-0.15, -0.1) is 24.0 Å². The van der Waals surface area contributed by atoms with Gasteiger partial charge < -0.3 is 10.6 Å². The largest absolute Gasteiger partial charge is 0.357 e. The van der Waals surface area contributed by atoms with E-state index in [-0.39, 0.29) is 41.7 Å². The predicted octanol–water partition coefficient (Wildman–Crippen LogP) is 4.17. The fourth-order valence-corrected chi connectivity index (χ4v) is 4.73. The van der Waals surface area contributed by atoms with Gasteiger partial charge in [0.1, 0.15) is 5.82 Å². The molecule has 2 aromatic rings. The highest BCUT2D eigenvalue weighted by Crippen LogP contribution is 2.43. The first-order chi connectivity index (χ1) is 14.3. The summed E-state index contributed by atoms with van der Waals surface area (Å²) in [6.45, 7) is 3.66. The van der Waals surface area contributed by atoms with Gasteiger partial charge in [-0.05, 0) is 48.6 Å². The fraction of sp³-hybridized carbons (Fsp3) is 0.435. The second-order valence-corrected chi connectivity index (χ2v) is 10.2. The molecule has 1 fully saturated rings. The van der Waals surface area contributed by atoms with Crippen LogP contribution in [0, 0.1) is 5.82 Å². The lowest BCUT2D eigenvalue weighted by atomic mass is 9.64. The van der Waals surface area contributed by atoms with E-state index >= 15 is 0 Å². The number of benzene rings is 2. The SMILES string of the molecule is CCNC(=NCc1cc(F)ccc1CS(C)(=O)=O)NCC1(c2ccccc2)CCC1.I. The third-order valence-corrected chi connectivity index (χ3v) is 6.46. The third-order valence-electron chi connectivity index (χ3n) is 5.63. The van der Waals surface area contributed by atoms with Crippen molar-refractivity contribution >= 4 is 39.8 Å².